The van der Waals surface area contributed by atoms with Gasteiger partial charge in [-0.3, -0.25) is 0 Å². The standard InChI is InChI=1S/C44H28BrNS/c1-43-23-9-8-16-40(43)44(35-14-6-5-13-34(35)43)33-12-4-2-11-30(33)41-36(44)20-19-29-28-10-3-7-15-37(28)46(42(29)41)27-18-22-39-32(25-27)31-24-26(45)17-21-38(31)47-39/h2-25,40H,1H3. The number of fused-ring (bicyclic) bond motifs is 17. The van der Waals surface area contributed by atoms with Gasteiger partial charge in [-0.15, -0.1) is 11.3 Å². The van der Waals surface area contributed by atoms with Gasteiger partial charge in [-0.25, -0.2) is 0 Å². The Morgan fingerprint density at radius 3 is 2.28 bits per heavy atom. The molecule has 47 heavy (non-hydrogen) atoms. The number of para-hydroxylation sites is 1. The molecule has 11 rings (SSSR count). The molecule has 2 heterocycles. The summed E-state index contributed by atoms with van der Waals surface area (Å²) in [5.41, 5.74) is 11.8. The highest BCUT2D eigenvalue weighted by atomic mass is 79.9. The molecule has 3 atom stereocenters. The molecule has 0 saturated heterocycles. The molecule has 3 unspecified atom stereocenters. The minimum absolute atomic E-state index is 0.0962. The number of aromatic nitrogens is 1. The molecule has 3 aliphatic rings. The summed E-state index contributed by atoms with van der Waals surface area (Å²) in [6, 6.07) is 46.0. The van der Waals surface area contributed by atoms with Gasteiger partial charge in [0.15, 0.2) is 0 Å². The summed E-state index contributed by atoms with van der Waals surface area (Å²) in [6.07, 6.45) is 9.45. The van der Waals surface area contributed by atoms with Crippen LogP contribution in [-0.4, -0.2) is 4.57 Å². The van der Waals surface area contributed by atoms with Gasteiger partial charge in [0.05, 0.1) is 16.4 Å². The molecule has 0 fully saturated rings. The first-order chi connectivity index (χ1) is 23.1. The van der Waals surface area contributed by atoms with Crippen molar-refractivity contribution in [3.63, 3.8) is 0 Å². The fourth-order valence-corrected chi connectivity index (χ4v) is 11.1. The van der Waals surface area contributed by atoms with Crippen molar-refractivity contribution in [3.05, 3.63) is 172 Å². The number of hydrogen-bond acceptors (Lipinski definition) is 1. The lowest BCUT2D eigenvalue weighted by molar-refractivity contribution is 0.372. The van der Waals surface area contributed by atoms with Crippen molar-refractivity contribution >= 4 is 69.2 Å². The minimum Gasteiger partial charge on any atom is -0.309 e. The molecular weight excluding hydrogens is 654 g/mol. The average Bonchev–Trinajstić information content (AvgIpc) is 3.80. The largest absolute Gasteiger partial charge is 0.309 e. The van der Waals surface area contributed by atoms with Gasteiger partial charge in [-0.2, -0.15) is 0 Å². The van der Waals surface area contributed by atoms with Gasteiger partial charge in [0.1, 0.15) is 0 Å². The number of rotatable bonds is 1. The number of benzene rings is 6. The van der Waals surface area contributed by atoms with E-state index in [1.807, 2.05) is 11.3 Å². The van der Waals surface area contributed by atoms with Gasteiger partial charge in [-0.05, 0) is 70.3 Å². The van der Waals surface area contributed by atoms with Crippen LogP contribution in [-0.2, 0) is 10.8 Å². The van der Waals surface area contributed by atoms with Crippen LogP contribution in [0.15, 0.2) is 150 Å². The Bertz CT molecular complexity index is 2740. The zero-order chi connectivity index (χ0) is 31.1. The smallest absolute Gasteiger partial charge is 0.0622 e. The zero-order valence-corrected chi connectivity index (χ0v) is 28.1. The summed E-state index contributed by atoms with van der Waals surface area (Å²) in [7, 11) is 0. The van der Waals surface area contributed by atoms with E-state index in [1.54, 1.807) is 0 Å². The van der Waals surface area contributed by atoms with E-state index in [2.05, 4.69) is 173 Å². The number of thiophene rings is 1. The first-order valence-corrected chi connectivity index (χ1v) is 17.9. The average molecular weight is 683 g/mol. The van der Waals surface area contributed by atoms with Crippen molar-refractivity contribution in [3.8, 4) is 16.8 Å². The van der Waals surface area contributed by atoms with Crippen LogP contribution < -0.4 is 0 Å². The topological polar surface area (TPSA) is 4.93 Å². The molecular formula is C44H28BrNS. The van der Waals surface area contributed by atoms with E-state index in [0.29, 0.717) is 0 Å². The Morgan fingerprint density at radius 2 is 1.38 bits per heavy atom. The van der Waals surface area contributed by atoms with E-state index < -0.39 is 0 Å². The van der Waals surface area contributed by atoms with E-state index in [-0.39, 0.29) is 16.7 Å². The van der Waals surface area contributed by atoms with Crippen molar-refractivity contribution < 1.29 is 0 Å². The van der Waals surface area contributed by atoms with Crippen LogP contribution in [0.5, 0.6) is 0 Å². The zero-order valence-electron chi connectivity index (χ0n) is 25.7. The van der Waals surface area contributed by atoms with Crippen molar-refractivity contribution in [2.24, 2.45) is 5.92 Å². The summed E-state index contributed by atoms with van der Waals surface area (Å²) in [5.74, 6) is 0.266. The molecule has 0 amide bonds. The number of halogens is 1. The van der Waals surface area contributed by atoms with Gasteiger partial charge in [0.25, 0.3) is 0 Å². The Labute approximate surface area is 285 Å². The Balaban J connectivity index is 1.31. The molecule has 222 valence electrons. The highest BCUT2D eigenvalue weighted by Crippen LogP contribution is 2.68. The third-order valence-corrected chi connectivity index (χ3v) is 13.1. The minimum atomic E-state index is -0.284. The second kappa shape index (κ2) is 9.01. The molecule has 1 spiro atoms. The lowest BCUT2D eigenvalue weighted by atomic mass is 9.61. The second-order valence-corrected chi connectivity index (χ2v) is 15.6. The van der Waals surface area contributed by atoms with Gasteiger partial charge < -0.3 is 4.57 Å². The quantitative estimate of drug-likeness (QED) is 0.162. The highest BCUT2D eigenvalue weighted by Gasteiger charge is 2.61. The summed E-state index contributed by atoms with van der Waals surface area (Å²) < 4.78 is 6.30. The van der Waals surface area contributed by atoms with Crippen LogP contribution in [0.3, 0.4) is 0 Å². The maximum Gasteiger partial charge on any atom is 0.0622 e. The maximum atomic E-state index is 3.73. The van der Waals surface area contributed by atoms with Crippen molar-refractivity contribution in [2.45, 2.75) is 17.8 Å². The second-order valence-electron chi connectivity index (χ2n) is 13.6. The van der Waals surface area contributed by atoms with Gasteiger partial charge in [-0.1, -0.05) is 126 Å². The van der Waals surface area contributed by atoms with Crippen LogP contribution in [0.4, 0.5) is 0 Å². The molecule has 3 aliphatic carbocycles. The predicted octanol–water partition coefficient (Wildman–Crippen LogP) is 12.2. The molecule has 0 N–H and O–H groups in total. The molecule has 0 aliphatic heterocycles. The molecule has 0 bridgehead atoms. The number of allylic oxidation sites excluding steroid dienone is 4. The van der Waals surface area contributed by atoms with Gasteiger partial charge >= 0.3 is 0 Å². The first-order valence-electron chi connectivity index (χ1n) is 16.3. The maximum absolute atomic E-state index is 3.73. The Kier molecular flexibility index (Phi) is 5.05. The van der Waals surface area contributed by atoms with Crippen LogP contribution in [0.1, 0.15) is 29.2 Å². The third kappa shape index (κ3) is 3.11. The molecule has 6 aromatic carbocycles. The molecule has 3 heteroatoms. The monoisotopic (exact) mass is 681 g/mol. The fraction of sp³-hybridized carbons (Fsp3) is 0.0909. The summed E-state index contributed by atoms with van der Waals surface area (Å²) in [5, 5.41) is 5.20. The molecule has 2 aromatic heterocycles. The van der Waals surface area contributed by atoms with Crippen molar-refractivity contribution in [2.75, 3.05) is 0 Å². The molecule has 0 radical (unpaired) electrons. The van der Waals surface area contributed by atoms with E-state index in [4.69, 9.17) is 0 Å². The SMILES string of the molecule is CC12C=CC=CC1C1(c3ccccc3-c3c1ccc1c4ccccc4n(-c4ccc5sc6ccc(Br)cc6c5c4)c31)c1ccccc12. The lowest BCUT2D eigenvalue weighted by Crippen LogP contribution is -2.38. The Morgan fingerprint density at radius 1 is 0.638 bits per heavy atom. The van der Waals surface area contributed by atoms with E-state index in [0.717, 1.165) is 4.47 Å². The molecule has 8 aromatic rings. The van der Waals surface area contributed by atoms with Crippen LogP contribution >= 0.6 is 27.3 Å². The number of hydrogen-bond donors (Lipinski definition) is 0. The fourth-order valence-electron chi connectivity index (χ4n) is 9.67. The third-order valence-electron chi connectivity index (χ3n) is 11.5. The van der Waals surface area contributed by atoms with Crippen LogP contribution in [0, 0.1) is 5.92 Å². The van der Waals surface area contributed by atoms with E-state index >= 15 is 0 Å². The van der Waals surface area contributed by atoms with Crippen molar-refractivity contribution in [1.29, 1.82) is 0 Å². The van der Waals surface area contributed by atoms with Crippen LogP contribution in [0.2, 0.25) is 0 Å². The predicted molar refractivity (Wildman–Crippen MR) is 202 cm³/mol. The molecule has 1 nitrogen and oxygen atoms in total. The summed E-state index contributed by atoms with van der Waals surface area (Å²) in [6.45, 7) is 2.44. The summed E-state index contributed by atoms with van der Waals surface area (Å²) >= 11 is 5.60. The van der Waals surface area contributed by atoms with Crippen LogP contribution in [0.25, 0.3) is 58.8 Å². The van der Waals surface area contributed by atoms with Gasteiger partial charge in [0, 0.05) is 58.0 Å². The lowest BCUT2D eigenvalue weighted by Gasteiger charge is -2.40. The van der Waals surface area contributed by atoms with E-state index in [1.165, 1.54) is 81.0 Å². The summed E-state index contributed by atoms with van der Waals surface area (Å²) in [4.78, 5) is 0. The normalized spacial score (nSPS) is 22.0. The van der Waals surface area contributed by atoms with Crippen molar-refractivity contribution in [1.82, 2.24) is 4.57 Å². The van der Waals surface area contributed by atoms with E-state index in [9.17, 15) is 0 Å². The highest BCUT2D eigenvalue weighted by molar-refractivity contribution is 9.10. The van der Waals surface area contributed by atoms with Gasteiger partial charge in [0.2, 0.25) is 0 Å². The first kappa shape index (κ1) is 26.4. The number of nitrogens with zero attached hydrogens (tertiary/aromatic N) is 1. The molecule has 0 saturated carbocycles. The Hall–Kier alpha value is -4.70.